The Balaban J connectivity index is 2.17. The number of benzene rings is 1. The van der Waals surface area contributed by atoms with Crippen LogP contribution in [0.4, 0.5) is 0 Å². The lowest BCUT2D eigenvalue weighted by Crippen LogP contribution is -2.22. The van der Waals surface area contributed by atoms with Gasteiger partial charge in [-0.25, -0.2) is 0 Å². The van der Waals surface area contributed by atoms with Gasteiger partial charge >= 0.3 is 0 Å². The Morgan fingerprint density at radius 1 is 1.36 bits per heavy atom. The summed E-state index contributed by atoms with van der Waals surface area (Å²) in [6.07, 6.45) is 2.61. The number of halogens is 1. The third-order valence-electron chi connectivity index (χ3n) is 3.02. The highest BCUT2D eigenvalue weighted by molar-refractivity contribution is 6.30. The van der Waals surface area contributed by atoms with E-state index >= 15 is 0 Å². The van der Waals surface area contributed by atoms with Crippen molar-refractivity contribution < 1.29 is 0 Å². The summed E-state index contributed by atoms with van der Waals surface area (Å²) in [7, 11) is 0. The second-order valence-corrected chi connectivity index (χ2v) is 4.27. The average Bonchev–Trinajstić information content (AvgIpc) is 2.67. The zero-order valence-electron chi connectivity index (χ0n) is 8.54. The van der Waals surface area contributed by atoms with E-state index < -0.39 is 0 Å². The Hall–Kier alpha value is -0.530. The van der Waals surface area contributed by atoms with Gasteiger partial charge in [-0.05, 0) is 43.6 Å². The van der Waals surface area contributed by atoms with Crippen molar-refractivity contribution in [2.75, 3.05) is 13.1 Å². The number of rotatable bonds is 2. The molecule has 2 rings (SSSR count). The summed E-state index contributed by atoms with van der Waals surface area (Å²) < 4.78 is 0. The van der Waals surface area contributed by atoms with Crippen molar-refractivity contribution in [1.29, 1.82) is 0 Å². The quantitative estimate of drug-likeness (QED) is 0.721. The molecule has 1 aromatic carbocycles. The normalized spacial score (nSPS) is 22.9. The fourth-order valence-electron chi connectivity index (χ4n) is 2.27. The van der Waals surface area contributed by atoms with Crippen molar-refractivity contribution in [3.63, 3.8) is 0 Å². The molecule has 0 spiro atoms. The molecule has 1 atom stereocenters. The van der Waals surface area contributed by atoms with Crippen LogP contribution in [-0.4, -0.2) is 18.0 Å². The summed E-state index contributed by atoms with van der Waals surface area (Å²) in [5.41, 5.74) is 1.41. The summed E-state index contributed by atoms with van der Waals surface area (Å²) in [4.78, 5) is 2.53. The Kier molecular flexibility index (Phi) is 3.09. The fraction of sp³-hybridized carbons (Fsp3) is 0.500. The van der Waals surface area contributed by atoms with Crippen LogP contribution in [-0.2, 0) is 0 Å². The maximum Gasteiger partial charge on any atom is 0.0406 e. The zero-order chi connectivity index (χ0) is 9.97. The topological polar surface area (TPSA) is 3.24 Å². The maximum atomic E-state index is 5.88. The summed E-state index contributed by atoms with van der Waals surface area (Å²) >= 11 is 5.88. The second kappa shape index (κ2) is 4.33. The van der Waals surface area contributed by atoms with Gasteiger partial charge in [-0.15, -0.1) is 0 Å². The van der Waals surface area contributed by atoms with Crippen LogP contribution in [0, 0.1) is 0 Å². The molecule has 76 valence electrons. The lowest BCUT2D eigenvalue weighted by molar-refractivity contribution is 0.271. The van der Waals surface area contributed by atoms with Crippen LogP contribution in [0.1, 0.15) is 31.4 Å². The minimum atomic E-state index is 0.622. The highest BCUT2D eigenvalue weighted by Gasteiger charge is 2.23. The van der Waals surface area contributed by atoms with Gasteiger partial charge < -0.3 is 0 Å². The largest absolute Gasteiger partial charge is 0.297 e. The van der Waals surface area contributed by atoms with Crippen molar-refractivity contribution in [3.05, 3.63) is 34.9 Å². The SMILES string of the molecule is CCN1CCC[C@@H]1c1ccc(Cl)cc1. The van der Waals surface area contributed by atoms with E-state index in [1.807, 2.05) is 12.1 Å². The highest BCUT2D eigenvalue weighted by atomic mass is 35.5. The van der Waals surface area contributed by atoms with Crippen LogP contribution < -0.4 is 0 Å². The van der Waals surface area contributed by atoms with E-state index in [0.717, 1.165) is 11.6 Å². The van der Waals surface area contributed by atoms with E-state index in [2.05, 4.69) is 24.0 Å². The van der Waals surface area contributed by atoms with Crippen LogP contribution in [0.5, 0.6) is 0 Å². The van der Waals surface area contributed by atoms with E-state index in [0.29, 0.717) is 6.04 Å². The van der Waals surface area contributed by atoms with E-state index in [1.54, 1.807) is 0 Å². The molecule has 0 saturated carbocycles. The summed E-state index contributed by atoms with van der Waals surface area (Å²) in [6.45, 7) is 4.62. The van der Waals surface area contributed by atoms with E-state index in [4.69, 9.17) is 11.6 Å². The molecule has 1 nitrogen and oxygen atoms in total. The maximum absolute atomic E-state index is 5.88. The molecule has 0 unspecified atom stereocenters. The van der Waals surface area contributed by atoms with E-state index in [1.165, 1.54) is 24.9 Å². The molecule has 2 heteroatoms. The smallest absolute Gasteiger partial charge is 0.0406 e. The Labute approximate surface area is 90.7 Å². The van der Waals surface area contributed by atoms with Crippen molar-refractivity contribution in [1.82, 2.24) is 4.90 Å². The second-order valence-electron chi connectivity index (χ2n) is 3.84. The van der Waals surface area contributed by atoms with Crippen LogP contribution >= 0.6 is 11.6 Å². The van der Waals surface area contributed by atoms with Gasteiger partial charge in [0.2, 0.25) is 0 Å². The third-order valence-corrected chi connectivity index (χ3v) is 3.28. The molecule has 1 heterocycles. The van der Waals surface area contributed by atoms with Crippen LogP contribution in [0.3, 0.4) is 0 Å². The fourth-order valence-corrected chi connectivity index (χ4v) is 2.39. The first-order chi connectivity index (χ1) is 6.81. The lowest BCUT2D eigenvalue weighted by atomic mass is 10.0. The third kappa shape index (κ3) is 1.94. The van der Waals surface area contributed by atoms with Crippen molar-refractivity contribution in [2.24, 2.45) is 0 Å². The summed E-state index contributed by atoms with van der Waals surface area (Å²) in [5, 5.41) is 0.829. The van der Waals surface area contributed by atoms with Crippen LogP contribution in [0.2, 0.25) is 5.02 Å². The van der Waals surface area contributed by atoms with Gasteiger partial charge in [-0.3, -0.25) is 4.90 Å². The first kappa shape index (κ1) is 10.0. The molecule has 1 aliphatic heterocycles. The van der Waals surface area contributed by atoms with Gasteiger partial charge in [0, 0.05) is 11.1 Å². The molecule has 1 fully saturated rings. The predicted molar refractivity (Wildman–Crippen MR) is 60.7 cm³/mol. The molecular weight excluding hydrogens is 194 g/mol. The molecular formula is C12H16ClN. The molecule has 1 aromatic rings. The predicted octanol–water partition coefficient (Wildman–Crippen LogP) is 3.50. The minimum Gasteiger partial charge on any atom is -0.297 e. The van der Waals surface area contributed by atoms with Gasteiger partial charge in [0.15, 0.2) is 0 Å². The molecule has 0 radical (unpaired) electrons. The van der Waals surface area contributed by atoms with Crippen LogP contribution in [0.15, 0.2) is 24.3 Å². The first-order valence-electron chi connectivity index (χ1n) is 5.31. The van der Waals surface area contributed by atoms with Gasteiger partial charge in [0.1, 0.15) is 0 Å². The Morgan fingerprint density at radius 3 is 2.71 bits per heavy atom. The molecule has 0 aliphatic carbocycles. The number of hydrogen-bond acceptors (Lipinski definition) is 1. The number of hydrogen-bond donors (Lipinski definition) is 0. The van der Waals surface area contributed by atoms with Crippen LogP contribution in [0.25, 0.3) is 0 Å². The molecule has 14 heavy (non-hydrogen) atoms. The number of likely N-dealkylation sites (tertiary alicyclic amines) is 1. The molecule has 1 aliphatic rings. The molecule has 1 saturated heterocycles. The highest BCUT2D eigenvalue weighted by Crippen LogP contribution is 2.31. The Bertz CT molecular complexity index is 294. The molecule has 0 bridgehead atoms. The van der Waals surface area contributed by atoms with Gasteiger partial charge in [-0.2, -0.15) is 0 Å². The van der Waals surface area contributed by atoms with E-state index in [-0.39, 0.29) is 0 Å². The number of nitrogens with zero attached hydrogens (tertiary/aromatic N) is 1. The van der Waals surface area contributed by atoms with Gasteiger partial charge in [0.05, 0.1) is 0 Å². The van der Waals surface area contributed by atoms with E-state index in [9.17, 15) is 0 Å². The summed E-state index contributed by atoms with van der Waals surface area (Å²) in [6, 6.07) is 8.91. The summed E-state index contributed by atoms with van der Waals surface area (Å²) in [5.74, 6) is 0. The lowest BCUT2D eigenvalue weighted by Gasteiger charge is -2.22. The first-order valence-corrected chi connectivity index (χ1v) is 5.68. The standard InChI is InChI=1S/C12H16ClN/c1-2-14-9-3-4-12(14)10-5-7-11(13)8-6-10/h5-8,12H,2-4,9H2,1H3/t12-/m1/s1. The van der Waals surface area contributed by atoms with Crippen molar-refractivity contribution in [2.45, 2.75) is 25.8 Å². The minimum absolute atomic E-state index is 0.622. The monoisotopic (exact) mass is 209 g/mol. The van der Waals surface area contributed by atoms with Gasteiger partial charge in [0.25, 0.3) is 0 Å². The molecule has 0 N–H and O–H groups in total. The Morgan fingerprint density at radius 2 is 2.07 bits per heavy atom. The molecule has 0 aromatic heterocycles. The van der Waals surface area contributed by atoms with Crippen molar-refractivity contribution in [3.8, 4) is 0 Å². The van der Waals surface area contributed by atoms with Gasteiger partial charge in [-0.1, -0.05) is 30.7 Å². The average molecular weight is 210 g/mol. The van der Waals surface area contributed by atoms with Crippen molar-refractivity contribution >= 4 is 11.6 Å². The molecule has 0 amide bonds. The zero-order valence-corrected chi connectivity index (χ0v) is 9.30.